The lowest BCUT2D eigenvalue weighted by Crippen LogP contribution is -2.45. The van der Waals surface area contributed by atoms with Gasteiger partial charge < -0.3 is 10.6 Å². The van der Waals surface area contributed by atoms with Crippen molar-refractivity contribution in [1.29, 1.82) is 0 Å². The van der Waals surface area contributed by atoms with Crippen LogP contribution in [0.25, 0.3) is 0 Å². The van der Waals surface area contributed by atoms with Crippen LogP contribution in [0.4, 0.5) is 0 Å². The van der Waals surface area contributed by atoms with Gasteiger partial charge in [-0.25, -0.2) is 4.98 Å². The molecule has 6 heteroatoms. The van der Waals surface area contributed by atoms with Gasteiger partial charge in [0.1, 0.15) is 5.01 Å². The number of guanidine groups is 1. The van der Waals surface area contributed by atoms with Crippen molar-refractivity contribution in [3.63, 3.8) is 0 Å². The summed E-state index contributed by atoms with van der Waals surface area (Å²) in [5.74, 6) is 1.39. The molecule has 0 aliphatic heterocycles. The second-order valence-electron chi connectivity index (χ2n) is 6.50. The normalized spacial score (nSPS) is 22.4. The summed E-state index contributed by atoms with van der Waals surface area (Å²) >= 11 is 3.78. The quantitative estimate of drug-likeness (QED) is 0.622. The van der Waals surface area contributed by atoms with Crippen molar-refractivity contribution in [3.8, 4) is 0 Å². The molecule has 1 saturated carbocycles. The number of hydrogen-bond donors (Lipinski definition) is 2. The minimum absolute atomic E-state index is 0.489. The highest BCUT2D eigenvalue weighted by Gasteiger charge is 2.22. The van der Waals surface area contributed by atoms with Crippen LogP contribution in [0.5, 0.6) is 0 Å². The highest BCUT2D eigenvalue weighted by atomic mass is 32.2. The maximum Gasteiger partial charge on any atom is 0.191 e. The Morgan fingerprint density at radius 2 is 2.22 bits per heavy atom. The molecule has 1 fully saturated rings. The lowest BCUT2D eigenvalue weighted by atomic mass is 9.95. The van der Waals surface area contributed by atoms with Gasteiger partial charge in [0.2, 0.25) is 0 Å². The van der Waals surface area contributed by atoms with Crippen LogP contribution >= 0.6 is 23.1 Å². The number of rotatable bonds is 5. The van der Waals surface area contributed by atoms with E-state index in [0.29, 0.717) is 12.0 Å². The molecule has 0 amide bonds. The van der Waals surface area contributed by atoms with E-state index in [0.717, 1.165) is 22.8 Å². The second kappa shape index (κ2) is 8.92. The number of nitrogens with zero attached hydrogens (tertiary/aromatic N) is 2. The van der Waals surface area contributed by atoms with Gasteiger partial charge >= 0.3 is 0 Å². The average molecular weight is 355 g/mol. The van der Waals surface area contributed by atoms with Gasteiger partial charge in [0, 0.05) is 23.2 Å². The summed E-state index contributed by atoms with van der Waals surface area (Å²) in [4.78, 5) is 10.5. The number of aromatic nitrogens is 1. The first-order chi connectivity index (χ1) is 11.0. The maximum atomic E-state index is 4.76. The van der Waals surface area contributed by atoms with Crippen LogP contribution in [0.1, 0.15) is 61.0 Å². The van der Waals surface area contributed by atoms with E-state index in [2.05, 4.69) is 42.7 Å². The van der Waals surface area contributed by atoms with E-state index in [1.54, 1.807) is 11.3 Å². The molecule has 130 valence electrons. The summed E-state index contributed by atoms with van der Waals surface area (Å²) < 4.78 is 0. The highest BCUT2D eigenvalue weighted by molar-refractivity contribution is 7.99. The standard InChI is InChI=1S/C17H30N4S2/c1-11(2)16-12(3)23-15(21-16)10-19-17(18-4)20-13-7-6-8-14(9-13)22-5/h11,13-14H,6-10H2,1-5H3,(H2,18,19,20). The molecule has 0 saturated heterocycles. The topological polar surface area (TPSA) is 49.3 Å². The zero-order valence-electron chi connectivity index (χ0n) is 15.0. The molecule has 2 unspecified atom stereocenters. The molecule has 0 spiro atoms. The summed E-state index contributed by atoms with van der Waals surface area (Å²) in [6.45, 7) is 7.31. The first kappa shape index (κ1) is 18.6. The molecule has 1 aliphatic rings. The highest BCUT2D eigenvalue weighted by Crippen LogP contribution is 2.27. The zero-order valence-corrected chi connectivity index (χ0v) is 16.6. The van der Waals surface area contributed by atoms with Gasteiger partial charge in [-0.3, -0.25) is 4.99 Å². The van der Waals surface area contributed by atoms with Crippen molar-refractivity contribution in [2.75, 3.05) is 13.3 Å². The Labute approximate surface area is 149 Å². The van der Waals surface area contributed by atoms with Crippen molar-refractivity contribution < 1.29 is 0 Å². The van der Waals surface area contributed by atoms with Crippen molar-refractivity contribution in [3.05, 3.63) is 15.6 Å². The third kappa shape index (κ3) is 5.38. The Morgan fingerprint density at radius 1 is 1.43 bits per heavy atom. The first-order valence-corrected chi connectivity index (χ1v) is 10.6. The fraction of sp³-hybridized carbons (Fsp3) is 0.765. The number of nitrogens with one attached hydrogen (secondary N) is 2. The molecular weight excluding hydrogens is 324 g/mol. The van der Waals surface area contributed by atoms with Gasteiger partial charge in [0.05, 0.1) is 12.2 Å². The van der Waals surface area contributed by atoms with E-state index in [4.69, 9.17) is 4.98 Å². The Morgan fingerprint density at radius 3 is 2.83 bits per heavy atom. The molecule has 0 aromatic carbocycles. The summed E-state index contributed by atoms with van der Waals surface area (Å²) in [7, 11) is 1.84. The predicted molar refractivity (Wildman–Crippen MR) is 104 cm³/mol. The smallest absolute Gasteiger partial charge is 0.191 e. The molecule has 1 aromatic rings. The summed E-state index contributed by atoms with van der Waals surface area (Å²) in [5, 5.41) is 8.94. The van der Waals surface area contributed by atoms with Crippen LogP contribution in [0.15, 0.2) is 4.99 Å². The Balaban J connectivity index is 1.86. The number of thioether (sulfide) groups is 1. The van der Waals surface area contributed by atoms with Crippen LogP contribution in [-0.4, -0.2) is 35.5 Å². The van der Waals surface area contributed by atoms with E-state index in [1.165, 1.54) is 36.3 Å². The van der Waals surface area contributed by atoms with Gasteiger partial charge in [0.15, 0.2) is 5.96 Å². The summed E-state index contributed by atoms with van der Waals surface area (Å²) in [6, 6.07) is 0.539. The zero-order chi connectivity index (χ0) is 16.8. The van der Waals surface area contributed by atoms with Gasteiger partial charge in [-0.05, 0) is 38.4 Å². The summed E-state index contributed by atoms with van der Waals surface area (Å²) in [6.07, 6.45) is 7.35. The van der Waals surface area contributed by atoms with Gasteiger partial charge in [-0.15, -0.1) is 11.3 Å². The molecular formula is C17H30N4S2. The number of aryl methyl sites for hydroxylation is 1. The molecule has 0 radical (unpaired) electrons. The number of thiazole rings is 1. The molecule has 1 aliphatic carbocycles. The fourth-order valence-corrected chi connectivity index (χ4v) is 4.97. The van der Waals surface area contributed by atoms with Gasteiger partial charge in [-0.2, -0.15) is 11.8 Å². The molecule has 0 bridgehead atoms. The van der Waals surface area contributed by atoms with E-state index in [1.807, 2.05) is 18.8 Å². The Kier molecular flexibility index (Phi) is 7.21. The predicted octanol–water partition coefficient (Wildman–Crippen LogP) is 3.91. The molecule has 23 heavy (non-hydrogen) atoms. The Bertz CT molecular complexity index is 525. The Hall–Kier alpha value is -0.750. The second-order valence-corrected chi connectivity index (χ2v) is 8.92. The molecule has 2 atom stereocenters. The average Bonchev–Trinajstić information content (AvgIpc) is 2.92. The van der Waals surface area contributed by atoms with E-state index in [9.17, 15) is 0 Å². The largest absolute Gasteiger partial charge is 0.354 e. The van der Waals surface area contributed by atoms with Crippen molar-refractivity contribution >= 4 is 29.1 Å². The SMILES string of the molecule is CN=C(NCc1nc(C(C)C)c(C)s1)NC1CCCC(SC)C1. The van der Waals surface area contributed by atoms with E-state index in [-0.39, 0.29) is 0 Å². The lowest BCUT2D eigenvalue weighted by Gasteiger charge is -2.29. The number of aliphatic imine (C=N–C) groups is 1. The summed E-state index contributed by atoms with van der Waals surface area (Å²) in [5.41, 5.74) is 1.23. The van der Waals surface area contributed by atoms with Crippen LogP contribution in [-0.2, 0) is 6.54 Å². The first-order valence-electron chi connectivity index (χ1n) is 8.49. The maximum absolute atomic E-state index is 4.76. The van der Waals surface area contributed by atoms with Crippen LogP contribution < -0.4 is 10.6 Å². The van der Waals surface area contributed by atoms with Crippen molar-refractivity contribution in [2.45, 2.75) is 70.2 Å². The van der Waals surface area contributed by atoms with Gasteiger partial charge in [-0.1, -0.05) is 20.3 Å². The van der Waals surface area contributed by atoms with Crippen molar-refractivity contribution in [1.82, 2.24) is 15.6 Å². The van der Waals surface area contributed by atoms with E-state index < -0.39 is 0 Å². The van der Waals surface area contributed by atoms with E-state index >= 15 is 0 Å². The fourth-order valence-electron chi connectivity index (χ4n) is 3.11. The third-order valence-electron chi connectivity index (χ3n) is 4.35. The number of hydrogen-bond acceptors (Lipinski definition) is 4. The minimum atomic E-state index is 0.489. The molecule has 4 nitrogen and oxygen atoms in total. The van der Waals surface area contributed by atoms with Crippen LogP contribution in [0, 0.1) is 6.92 Å². The molecule has 1 aromatic heterocycles. The lowest BCUT2D eigenvalue weighted by molar-refractivity contribution is 0.419. The van der Waals surface area contributed by atoms with Crippen LogP contribution in [0.3, 0.4) is 0 Å². The monoisotopic (exact) mass is 354 g/mol. The molecule has 1 heterocycles. The minimum Gasteiger partial charge on any atom is -0.354 e. The van der Waals surface area contributed by atoms with Gasteiger partial charge in [0.25, 0.3) is 0 Å². The third-order valence-corrected chi connectivity index (χ3v) is 6.44. The molecule has 2 rings (SSSR count). The van der Waals surface area contributed by atoms with Crippen LogP contribution in [0.2, 0.25) is 0 Å². The molecule has 2 N–H and O–H groups in total. The van der Waals surface area contributed by atoms with Crippen molar-refractivity contribution in [2.24, 2.45) is 4.99 Å².